The van der Waals surface area contributed by atoms with Gasteiger partial charge in [0, 0.05) is 17.9 Å². The third kappa shape index (κ3) is 3.94. The monoisotopic (exact) mass is 243 g/mol. The van der Waals surface area contributed by atoms with Crippen LogP contribution in [0.25, 0.3) is 0 Å². The van der Waals surface area contributed by atoms with Gasteiger partial charge in [-0.25, -0.2) is 0 Å². The van der Waals surface area contributed by atoms with Gasteiger partial charge < -0.3 is 10.1 Å². The van der Waals surface area contributed by atoms with Crippen molar-refractivity contribution in [1.29, 1.82) is 0 Å². The predicted molar refractivity (Wildman–Crippen MR) is 71.2 cm³/mol. The van der Waals surface area contributed by atoms with Gasteiger partial charge in [0.15, 0.2) is 0 Å². The maximum absolute atomic E-state index is 5.57. The molecule has 2 atom stereocenters. The van der Waals surface area contributed by atoms with Crippen LogP contribution in [-0.2, 0) is 4.74 Å². The molecule has 2 unspecified atom stereocenters. The summed E-state index contributed by atoms with van der Waals surface area (Å²) in [5.74, 6) is 1.29. The smallest absolute Gasteiger partial charge is 0.0666 e. The van der Waals surface area contributed by atoms with E-state index in [1.165, 1.54) is 50.8 Å². The van der Waals surface area contributed by atoms with Gasteiger partial charge in [-0.05, 0) is 44.9 Å². The van der Waals surface area contributed by atoms with Gasteiger partial charge in [-0.1, -0.05) is 12.8 Å². The molecule has 2 rings (SSSR count). The second-order valence-corrected chi connectivity index (χ2v) is 6.41. The third-order valence-corrected chi connectivity index (χ3v) is 5.32. The van der Waals surface area contributed by atoms with Crippen molar-refractivity contribution in [1.82, 2.24) is 5.32 Å². The van der Waals surface area contributed by atoms with E-state index in [1.807, 2.05) is 0 Å². The van der Waals surface area contributed by atoms with Crippen LogP contribution in [0, 0.1) is 0 Å². The molecule has 0 spiro atoms. The van der Waals surface area contributed by atoms with E-state index in [0.29, 0.717) is 6.10 Å². The number of hydrogen-bond acceptors (Lipinski definition) is 3. The topological polar surface area (TPSA) is 21.3 Å². The van der Waals surface area contributed by atoms with Gasteiger partial charge in [0.1, 0.15) is 0 Å². The minimum Gasteiger partial charge on any atom is -0.377 e. The molecule has 16 heavy (non-hydrogen) atoms. The van der Waals surface area contributed by atoms with E-state index < -0.39 is 0 Å². The maximum atomic E-state index is 5.57. The summed E-state index contributed by atoms with van der Waals surface area (Å²) in [4.78, 5) is 0. The number of ether oxygens (including phenoxy) is 1. The van der Waals surface area contributed by atoms with Gasteiger partial charge in [0.2, 0.25) is 0 Å². The van der Waals surface area contributed by atoms with E-state index >= 15 is 0 Å². The van der Waals surface area contributed by atoms with E-state index in [-0.39, 0.29) is 0 Å². The molecule has 0 aromatic rings. The van der Waals surface area contributed by atoms with Crippen molar-refractivity contribution >= 4 is 11.8 Å². The summed E-state index contributed by atoms with van der Waals surface area (Å²) in [6.45, 7) is 4.39. The fraction of sp³-hybridized carbons (Fsp3) is 1.00. The molecule has 3 heteroatoms. The Hall–Kier alpha value is 0.270. The molecule has 1 N–H and O–H groups in total. The van der Waals surface area contributed by atoms with Crippen LogP contribution in [0.15, 0.2) is 0 Å². The Morgan fingerprint density at radius 3 is 2.75 bits per heavy atom. The first-order chi connectivity index (χ1) is 7.86. The van der Waals surface area contributed by atoms with Gasteiger partial charge in [-0.3, -0.25) is 0 Å². The standard InChI is InChI=1S/C13H25NOS/c1-11-13(7-9-15-11)16-10-4-8-14-12-5-2-3-6-12/h11-14H,2-10H2,1H3. The fourth-order valence-electron chi connectivity index (χ4n) is 2.67. The number of hydrogen-bond donors (Lipinski definition) is 1. The SMILES string of the molecule is CC1OCCC1SCCCNC1CCCC1. The van der Waals surface area contributed by atoms with Crippen LogP contribution in [0.2, 0.25) is 0 Å². The average Bonchev–Trinajstić information content (AvgIpc) is 2.90. The highest BCUT2D eigenvalue weighted by Crippen LogP contribution is 2.26. The quantitative estimate of drug-likeness (QED) is 0.725. The number of nitrogens with one attached hydrogen (secondary N) is 1. The highest BCUT2D eigenvalue weighted by Gasteiger charge is 2.23. The molecule has 2 nitrogen and oxygen atoms in total. The second kappa shape index (κ2) is 6.87. The van der Waals surface area contributed by atoms with Crippen molar-refractivity contribution in [3.8, 4) is 0 Å². The van der Waals surface area contributed by atoms with Crippen LogP contribution >= 0.6 is 11.8 Å². The summed E-state index contributed by atoms with van der Waals surface area (Å²) in [5.41, 5.74) is 0. The predicted octanol–water partition coefficient (Wildman–Crippen LogP) is 2.82. The Kier molecular flexibility index (Phi) is 5.46. The molecule has 94 valence electrons. The summed E-state index contributed by atoms with van der Waals surface area (Å²) in [7, 11) is 0. The molecule has 0 aromatic heterocycles. The van der Waals surface area contributed by atoms with E-state index in [9.17, 15) is 0 Å². The zero-order valence-corrected chi connectivity index (χ0v) is 11.2. The molecule has 2 fully saturated rings. The molecule has 1 saturated heterocycles. The minimum absolute atomic E-state index is 0.479. The van der Waals surface area contributed by atoms with Gasteiger partial charge >= 0.3 is 0 Å². The first kappa shape index (κ1) is 12.7. The van der Waals surface area contributed by atoms with Crippen LogP contribution in [0.5, 0.6) is 0 Å². The average molecular weight is 243 g/mol. The lowest BCUT2D eigenvalue weighted by Crippen LogP contribution is -2.27. The summed E-state index contributed by atoms with van der Waals surface area (Å²) in [6.07, 6.45) is 8.72. The molecule has 0 radical (unpaired) electrons. The zero-order valence-electron chi connectivity index (χ0n) is 10.4. The second-order valence-electron chi connectivity index (χ2n) is 5.06. The molecule has 1 aliphatic heterocycles. The van der Waals surface area contributed by atoms with Gasteiger partial charge in [-0.15, -0.1) is 0 Å². The third-order valence-electron chi connectivity index (χ3n) is 3.75. The zero-order chi connectivity index (χ0) is 11.2. The van der Waals surface area contributed by atoms with Crippen LogP contribution in [0.3, 0.4) is 0 Å². The lowest BCUT2D eigenvalue weighted by molar-refractivity contribution is 0.127. The summed E-state index contributed by atoms with van der Waals surface area (Å²) < 4.78 is 5.57. The van der Waals surface area contributed by atoms with Crippen LogP contribution in [0.1, 0.15) is 45.4 Å². The number of thioether (sulfide) groups is 1. The van der Waals surface area contributed by atoms with E-state index in [4.69, 9.17) is 4.74 Å². The lowest BCUT2D eigenvalue weighted by atomic mass is 10.2. The fourth-order valence-corrected chi connectivity index (χ4v) is 3.90. The van der Waals surface area contributed by atoms with Crippen molar-refractivity contribution in [2.24, 2.45) is 0 Å². The van der Waals surface area contributed by atoms with E-state index in [2.05, 4.69) is 24.0 Å². The molecule has 1 aliphatic carbocycles. The normalized spacial score (nSPS) is 31.3. The van der Waals surface area contributed by atoms with E-state index in [1.54, 1.807) is 0 Å². The summed E-state index contributed by atoms with van der Waals surface area (Å²) in [5, 5.41) is 4.43. The largest absolute Gasteiger partial charge is 0.377 e. The Balaban J connectivity index is 1.45. The highest BCUT2D eigenvalue weighted by molar-refractivity contribution is 7.99. The summed E-state index contributed by atoms with van der Waals surface area (Å²) in [6, 6.07) is 0.832. The molecular formula is C13H25NOS. The molecular weight excluding hydrogens is 218 g/mol. The van der Waals surface area contributed by atoms with Crippen molar-refractivity contribution in [3.05, 3.63) is 0 Å². The van der Waals surface area contributed by atoms with Crippen molar-refractivity contribution in [2.75, 3.05) is 18.9 Å². The van der Waals surface area contributed by atoms with Crippen LogP contribution in [0.4, 0.5) is 0 Å². The Morgan fingerprint density at radius 2 is 2.06 bits per heavy atom. The molecule has 1 saturated carbocycles. The number of rotatable bonds is 6. The highest BCUT2D eigenvalue weighted by atomic mass is 32.2. The Bertz CT molecular complexity index is 194. The van der Waals surface area contributed by atoms with Crippen LogP contribution < -0.4 is 5.32 Å². The van der Waals surface area contributed by atoms with Crippen molar-refractivity contribution in [3.63, 3.8) is 0 Å². The Labute approximate surface area is 104 Å². The molecule has 2 aliphatic rings. The van der Waals surface area contributed by atoms with Crippen molar-refractivity contribution < 1.29 is 4.74 Å². The summed E-state index contributed by atoms with van der Waals surface area (Å²) >= 11 is 2.11. The molecule has 0 amide bonds. The lowest BCUT2D eigenvalue weighted by Gasteiger charge is -2.14. The van der Waals surface area contributed by atoms with Gasteiger partial charge in [-0.2, -0.15) is 11.8 Å². The first-order valence-corrected chi connectivity index (χ1v) is 7.88. The van der Waals surface area contributed by atoms with Gasteiger partial charge in [0.25, 0.3) is 0 Å². The van der Waals surface area contributed by atoms with Crippen molar-refractivity contribution in [2.45, 2.75) is 62.8 Å². The molecule has 1 heterocycles. The minimum atomic E-state index is 0.479. The van der Waals surface area contributed by atoms with Crippen LogP contribution in [-0.4, -0.2) is 36.3 Å². The maximum Gasteiger partial charge on any atom is 0.0666 e. The molecule has 0 bridgehead atoms. The van der Waals surface area contributed by atoms with E-state index in [0.717, 1.165) is 17.9 Å². The Morgan fingerprint density at radius 1 is 1.25 bits per heavy atom. The molecule has 0 aromatic carbocycles. The first-order valence-electron chi connectivity index (χ1n) is 6.83. The van der Waals surface area contributed by atoms with Gasteiger partial charge in [0.05, 0.1) is 6.10 Å².